The van der Waals surface area contributed by atoms with Crippen LogP contribution in [0.4, 0.5) is 0 Å². The predicted molar refractivity (Wildman–Crippen MR) is 109 cm³/mol. The van der Waals surface area contributed by atoms with E-state index in [0.717, 1.165) is 24.2 Å². The Morgan fingerprint density at radius 2 is 1.65 bits per heavy atom. The molecule has 2 N–H and O–H groups in total. The third-order valence-electron chi connectivity index (χ3n) is 5.22. The summed E-state index contributed by atoms with van der Waals surface area (Å²) in [5.41, 5.74) is 2.24. The van der Waals surface area contributed by atoms with Gasteiger partial charge in [-0.05, 0) is 48.9 Å². The third-order valence-corrected chi connectivity index (χ3v) is 5.22. The van der Waals surface area contributed by atoms with Crippen LogP contribution in [0.25, 0.3) is 0 Å². The summed E-state index contributed by atoms with van der Waals surface area (Å²) < 4.78 is 0. The van der Waals surface area contributed by atoms with E-state index in [4.69, 9.17) is 0 Å². The molecule has 3 rings (SSSR count). The molecule has 1 aliphatic heterocycles. The number of amides is 1. The highest BCUT2D eigenvalue weighted by Gasteiger charge is 2.23. The molecule has 2 aromatic rings. The average molecular weight is 373 g/mol. The number of benzene rings is 2. The first-order valence-corrected chi connectivity index (χ1v) is 9.34. The summed E-state index contributed by atoms with van der Waals surface area (Å²) in [4.78, 5) is 12.7. The Bertz CT molecular complexity index is 617. The smallest absolute Gasteiger partial charge is 0.221 e. The average Bonchev–Trinajstić information content (AvgIpc) is 2.68. The van der Waals surface area contributed by atoms with Gasteiger partial charge in [0.05, 0.1) is 6.04 Å². The van der Waals surface area contributed by atoms with Crippen molar-refractivity contribution in [1.29, 1.82) is 0 Å². The minimum absolute atomic E-state index is 0. The van der Waals surface area contributed by atoms with E-state index >= 15 is 0 Å². The van der Waals surface area contributed by atoms with Crippen molar-refractivity contribution >= 4 is 18.3 Å². The standard InChI is InChI=1S/C22H28N2O.ClH/c1-17(20-13-8-14-23-16-20)15-21(25)24-22(18-9-4-2-5-10-18)19-11-6-3-7-12-19;/h2-7,9-12,17,20,22-23H,8,13-16H2,1H3,(H,24,25);1H. The van der Waals surface area contributed by atoms with Crippen LogP contribution in [0.15, 0.2) is 60.7 Å². The fourth-order valence-electron chi connectivity index (χ4n) is 3.69. The van der Waals surface area contributed by atoms with Crippen molar-refractivity contribution < 1.29 is 4.79 Å². The summed E-state index contributed by atoms with van der Waals surface area (Å²) >= 11 is 0. The Kier molecular flexibility index (Phi) is 8.14. The summed E-state index contributed by atoms with van der Waals surface area (Å²) in [5, 5.41) is 6.71. The van der Waals surface area contributed by atoms with Gasteiger partial charge in [0.25, 0.3) is 0 Å². The summed E-state index contributed by atoms with van der Waals surface area (Å²) in [6, 6.07) is 20.3. The second kappa shape index (κ2) is 10.3. The first-order valence-electron chi connectivity index (χ1n) is 9.34. The lowest BCUT2D eigenvalue weighted by molar-refractivity contribution is -0.122. The van der Waals surface area contributed by atoms with Crippen LogP contribution in [0.5, 0.6) is 0 Å². The van der Waals surface area contributed by atoms with E-state index in [1.54, 1.807) is 0 Å². The molecule has 2 atom stereocenters. The number of hydrogen-bond donors (Lipinski definition) is 2. The van der Waals surface area contributed by atoms with Crippen molar-refractivity contribution in [3.63, 3.8) is 0 Å². The molecule has 0 aromatic heterocycles. The third kappa shape index (κ3) is 5.58. The number of hydrogen-bond acceptors (Lipinski definition) is 2. The SMILES string of the molecule is CC(CC(=O)NC(c1ccccc1)c1ccccc1)C1CCCNC1.Cl. The highest BCUT2D eigenvalue weighted by Crippen LogP contribution is 2.25. The van der Waals surface area contributed by atoms with Crippen LogP contribution in [0, 0.1) is 11.8 Å². The molecule has 0 bridgehead atoms. The zero-order chi connectivity index (χ0) is 17.5. The minimum Gasteiger partial charge on any atom is -0.345 e. The Morgan fingerprint density at radius 3 is 2.15 bits per heavy atom. The van der Waals surface area contributed by atoms with Crippen molar-refractivity contribution in [1.82, 2.24) is 10.6 Å². The maximum Gasteiger partial charge on any atom is 0.221 e. The summed E-state index contributed by atoms with van der Waals surface area (Å²) in [6.07, 6.45) is 3.03. The zero-order valence-corrected chi connectivity index (χ0v) is 16.2. The molecular formula is C22H29ClN2O. The Labute approximate surface area is 163 Å². The molecular weight excluding hydrogens is 344 g/mol. The molecule has 0 aliphatic carbocycles. The van der Waals surface area contributed by atoms with Gasteiger partial charge in [0.1, 0.15) is 0 Å². The Morgan fingerprint density at radius 1 is 1.08 bits per heavy atom. The fourth-order valence-corrected chi connectivity index (χ4v) is 3.69. The van der Waals surface area contributed by atoms with Crippen LogP contribution in [0.2, 0.25) is 0 Å². The molecule has 2 aromatic carbocycles. The quantitative estimate of drug-likeness (QED) is 0.791. The van der Waals surface area contributed by atoms with Crippen LogP contribution in [-0.4, -0.2) is 19.0 Å². The van der Waals surface area contributed by atoms with Gasteiger partial charge < -0.3 is 10.6 Å². The number of piperidine rings is 1. The second-order valence-electron chi connectivity index (χ2n) is 7.11. The molecule has 1 amide bonds. The van der Waals surface area contributed by atoms with Crippen LogP contribution in [-0.2, 0) is 4.79 Å². The van der Waals surface area contributed by atoms with Crippen molar-refractivity contribution in [2.45, 2.75) is 32.2 Å². The lowest BCUT2D eigenvalue weighted by Gasteiger charge is -2.28. The van der Waals surface area contributed by atoms with Crippen molar-refractivity contribution in [3.8, 4) is 0 Å². The normalized spacial score (nSPS) is 18.0. The zero-order valence-electron chi connectivity index (χ0n) is 15.4. The molecule has 1 saturated heterocycles. The number of carbonyl (C=O) groups is 1. The predicted octanol–water partition coefficient (Wildman–Crippen LogP) is 4.34. The summed E-state index contributed by atoms with van der Waals surface area (Å²) in [7, 11) is 0. The summed E-state index contributed by atoms with van der Waals surface area (Å²) in [5.74, 6) is 1.14. The second-order valence-corrected chi connectivity index (χ2v) is 7.11. The maximum atomic E-state index is 12.7. The Balaban J connectivity index is 0.00000243. The van der Waals surface area contributed by atoms with Crippen LogP contribution >= 0.6 is 12.4 Å². The molecule has 140 valence electrons. The van der Waals surface area contributed by atoms with E-state index in [2.05, 4.69) is 41.8 Å². The highest BCUT2D eigenvalue weighted by molar-refractivity contribution is 5.85. The van der Waals surface area contributed by atoms with Gasteiger partial charge in [-0.3, -0.25) is 4.79 Å². The van der Waals surface area contributed by atoms with Gasteiger partial charge >= 0.3 is 0 Å². The van der Waals surface area contributed by atoms with Crippen LogP contribution < -0.4 is 10.6 Å². The summed E-state index contributed by atoms with van der Waals surface area (Å²) in [6.45, 7) is 4.35. The molecule has 1 aliphatic rings. The molecule has 0 spiro atoms. The highest BCUT2D eigenvalue weighted by atomic mass is 35.5. The number of rotatable bonds is 6. The maximum absolute atomic E-state index is 12.7. The topological polar surface area (TPSA) is 41.1 Å². The minimum atomic E-state index is -0.0911. The van der Waals surface area contributed by atoms with E-state index < -0.39 is 0 Å². The van der Waals surface area contributed by atoms with Gasteiger partial charge in [-0.1, -0.05) is 67.6 Å². The molecule has 0 radical (unpaired) electrons. The van der Waals surface area contributed by atoms with Crippen molar-refractivity contribution in [3.05, 3.63) is 71.8 Å². The molecule has 26 heavy (non-hydrogen) atoms. The van der Waals surface area contributed by atoms with Gasteiger partial charge in [0, 0.05) is 6.42 Å². The van der Waals surface area contributed by atoms with Gasteiger partial charge in [-0.2, -0.15) is 0 Å². The van der Waals surface area contributed by atoms with E-state index in [0.29, 0.717) is 18.3 Å². The van der Waals surface area contributed by atoms with Gasteiger partial charge in [0.2, 0.25) is 5.91 Å². The molecule has 2 unspecified atom stereocenters. The monoisotopic (exact) mass is 372 g/mol. The van der Waals surface area contributed by atoms with Gasteiger partial charge in [-0.25, -0.2) is 0 Å². The molecule has 4 heteroatoms. The van der Waals surface area contributed by atoms with E-state index in [1.165, 1.54) is 12.8 Å². The van der Waals surface area contributed by atoms with Crippen LogP contribution in [0.1, 0.15) is 43.4 Å². The largest absolute Gasteiger partial charge is 0.345 e. The first kappa shape index (κ1) is 20.5. The number of nitrogens with one attached hydrogen (secondary N) is 2. The molecule has 1 fully saturated rings. The molecule has 0 saturated carbocycles. The Hall–Kier alpha value is -1.84. The van der Waals surface area contributed by atoms with Crippen LogP contribution in [0.3, 0.4) is 0 Å². The van der Waals surface area contributed by atoms with E-state index in [9.17, 15) is 4.79 Å². The number of carbonyl (C=O) groups excluding carboxylic acids is 1. The lowest BCUT2D eigenvalue weighted by atomic mass is 9.85. The van der Waals surface area contributed by atoms with Crippen molar-refractivity contribution in [2.24, 2.45) is 11.8 Å². The number of halogens is 1. The fraction of sp³-hybridized carbons (Fsp3) is 0.409. The van der Waals surface area contributed by atoms with Gasteiger partial charge in [0.15, 0.2) is 0 Å². The van der Waals surface area contributed by atoms with E-state index in [-0.39, 0.29) is 24.4 Å². The molecule has 1 heterocycles. The lowest BCUT2D eigenvalue weighted by Crippen LogP contribution is -2.36. The van der Waals surface area contributed by atoms with Crippen molar-refractivity contribution in [2.75, 3.05) is 13.1 Å². The van der Waals surface area contributed by atoms with Gasteiger partial charge in [-0.15, -0.1) is 12.4 Å². The first-order chi connectivity index (χ1) is 12.2. The van der Waals surface area contributed by atoms with E-state index in [1.807, 2.05) is 36.4 Å². The molecule has 3 nitrogen and oxygen atoms in total.